The number of hydrogen-bond donors (Lipinski definition) is 2. The van der Waals surface area contributed by atoms with Gasteiger partial charge < -0.3 is 15.4 Å². The lowest BCUT2D eigenvalue weighted by Crippen LogP contribution is -2.12. The van der Waals surface area contributed by atoms with Crippen LogP contribution in [0.2, 0.25) is 0 Å². The third-order valence-corrected chi connectivity index (χ3v) is 4.32. The highest BCUT2D eigenvalue weighted by molar-refractivity contribution is 6.04. The molecule has 29 heavy (non-hydrogen) atoms. The van der Waals surface area contributed by atoms with Crippen LogP contribution in [0.5, 0.6) is 0 Å². The summed E-state index contributed by atoms with van der Waals surface area (Å²) in [6, 6.07) is 16.2. The lowest BCUT2D eigenvalue weighted by Gasteiger charge is -2.10. The zero-order valence-electron chi connectivity index (χ0n) is 16.7. The van der Waals surface area contributed by atoms with Crippen molar-refractivity contribution < 1.29 is 14.3 Å². The molecule has 1 amide bonds. The maximum atomic E-state index is 12.4. The number of aromatic nitrogens is 1. The van der Waals surface area contributed by atoms with E-state index in [0.29, 0.717) is 29.2 Å². The van der Waals surface area contributed by atoms with E-state index >= 15 is 0 Å². The minimum atomic E-state index is -0.388. The zero-order valence-corrected chi connectivity index (χ0v) is 16.7. The molecular formula is C23H23N3O3. The Morgan fingerprint density at radius 2 is 1.69 bits per heavy atom. The molecule has 0 aliphatic rings. The smallest absolute Gasteiger partial charge is 0.338 e. The number of pyridine rings is 1. The SMILES string of the molecule is CCOC(=O)c1ccc(NC(=O)c2ccc(Nc3ccc(C)cc3C)nc2)cc1. The molecule has 148 valence electrons. The fourth-order valence-electron chi connectivity index (χ4n) is 2.80. The van der Waals surface area contributed by atoms with Crippen LogP contribution < -0.4 is 10.6 Å². The van der Waals surface area contributed by atoms with E-state index in [9.17, 15) is 9.59 Å². The molecule has 2 aromatic carbocycles. The first kappa shape index (κ1) is 20.1. The Bertz CT molecular complexity index is 1010. The van der Waals surface area contributed by atoms with E-state index in [1.54, 1.807) is 43.3 Å². The number of carbonyl (C=O) groups is 2. The molecule has 0 aliphatic heterocycles. The highest BCUT2D eigenvalue weighted by atomic mass is 16.5. The summed E-state index contributed by atoms with van der Waals surface area (Å²) < 4.78 is 4.94. The number of carbonyl (C=O) groups excluding carboxylic acids is 2. The first-order valence-corrected chi connectivity index (χ1v) is 9.35. The highest BCUT2D eigenvalue weighted by Gasteiger charge is 2.09. The Morgan fingerprint density at radius 1 is 0.966 bits per heavy atom. The predicted octanol–water partition coefficient (Wildman–Crippen LogP) is 4.87. The molecule has 6 heteroatoms. The van der Waals surface area contributed by atoms with E-state index < -0.39 is 0 Å². The molecule has 3 aromatic rings. The molecule has 0 unspecified atom stereocenters. The molecule has 0 radical (unpaired) electrons. The summed E-state index contributed by atoms with van der Waals surface area (Å²) in [7, 11) is 0. The van der Waals surface area contributed by atoms with Gasteiger partial charge in [-0.25, -0.2) is 9.78 Å². The number of nitrogens with zero attached hydrogens (tertiary/aromatic N) is 1. The lowest BCUT2D eigenvalue weighted by molar-refractivity contribution is 0.0526. The van der Waals surface area contributed by atoms with Gasteiger partial charge in [0.05, 0.1) is 17.7 Å². The Labute approximate surface area is 169 Å². The number of aryl methyl sites for hydroxylation is 2. The summed E-state index contributed by atoms with van der Waals surface area (Å²) in [5, 5.41) is 6.05. The van der Waals surface area contributed by atoms with Crippen molar-refractivity contribution in [2.45, 2.75) is 20.8 Å². The highest BCUT2D eigenvalue weighted by Crippen LogP contribution is 2.20. The molecule has 6 nitrogen and oxygen atoms in total. The number of esters is 1. The summed E-state index contributed by atoms with van der Waals surface area (Å²) in [5.41, 5.74) is 4.75. The number of amides is 1. The summed E-state index contributed by atoms with van der Waals surface area (Å²) in [6.07, 6.45) is 1.52. The average molecular weight is 389 g/mol. The summed E-state index contributed by atoms with van der Waals surface area (Å²) in [5.74, 6) is -0.00628. The largest absolute Gasteiger partial charge is 0.462 e. The van der Waals surface area contributed by atoms with Crippen molar-refractivity contribution in [3.8, 4) is 0 Å². The van der Waals surface area contributed by atoms with Crippen molar-refractivity contribution in [2.24, 2.45) is 0 Å². The Hall–Kier alpha value is -3.67. The van der Waals surface area contributed by atoms with Crippen LogP contribution in [0.3, 0.4) is 0 Å². The van der Waals surface area contributed by atoms with Crippen LogP contribution in [0, 0.1) is 13.8 Å². The van der Waals surface area contributed by atoms with Gasteiger partial charge in [0.2, 0.25) is 0 Å². The first-order valence-electron chi connectivity index (χ1n) is 9.35. The number of rotatable bonds is 6. The molecule has 3 rings (SSSR count). The van der Waals surface area contributed by atoms with Crippen molar-refractivity contribution >= 4 is 29.1 Å². The van der Waals surface area contributed by atoms with Crippen molar-refractivity contribution in [3.05, 3.63) is 83.0 Å². The summed E-state index contributed by atoms with van der Waals surface area (Å²) in [4.78, 5) is 28.4. The lowest BCUT2D eigenvalue weighted by atomic mass is 10.1. The van der Waals surface area contributed by atoms with Gasteiger partial charge in [0.25, 0.3) is 5.91 Å². The maximum Gasteiger partial charge on any atom is 0.338 e. The molecular weight excluding hydrogens is 366 g/mol. The molecule has 0 saturated heterocycles. The van der Waals surface area contributed by atoms with Gasteiger partial charge in [-0.05, 0) is 68.8 Å². The van der Waals surface area contributed by atoms with Crippen molar-refractivity contribution in [1.29, 1.82) is 0 Å². The second-order valence-corrected chi connectivity index (χ2v) is 6.63. The van der Waals surface area contributed by atoms with Gasteiger partial charge in [0.15, 0.2) is 0 Å². The van der Waals surface area contributed by atoms with Gasteiger partial charge in [-0.3, -0.25) is 4.79 Å². The topological polar surface area (TPSA) is 80.3 Å². The molecule has 0 fully saturated rings. The van der Waals surface area contributed by atoms with Crippen LogP contribution in [0.15, 0.2) is 60.8 Å². The predicted molar refractivity (Wildman–Crippen MR) is 114 cm³/mol. The van der Waals surface area contributed by atoms with Crippen LogP contribution >= 0.6 is 0 Å². The number of benzene rings is 2. The Kier molecular flexibility index (Phi) is 6.24. The van der Waals surface area contributed by atoms with Crippen LogP contribution in [-0.2, 0) is 4.74 Å². The zero-order chi connectivity index (χ0) is 20.8. The maximum absolute atomic E-state index is 12.4. The van der Waals surface area contributed by atoms with E-state index in [2.05, 4.69) is 21.7 Å². The fourth-order valence-corrected chi connectivity index (χ4v) is 2.80. The van der Waals surface area contributed by atoms with Crippen molar-refractivity contribution in [2.75, 3.05) is 17.2 Å². The second-order valence-electron chi connectivity index (χ2n) is 6.63. The van der Waals surface area contributed by atoms with Crippen LogP contribution in [0.1, 0.15) is 38.8 Å². The number of hydrogen-bond acceptors (Lipinski definition) is 5. The Balaban J connectivity index is 1.63. The third kappa shape index (κ3) is 5.19. The molecule has 1 heterocycles. The second kappa shape index (κ2) is 9.01. The van der Waals surface area contributed by atoms with Gasteiger partial charge in [-0.1, -0.05) is 17.7 Å². The number of ether oxygens (including phenoxy) is 1. The van der Waals surface area contributed by atoms with E-state index in [4.69, 9.17) is 4.74 Å². The molecule has 0 saturated carbocycles. The van der Waals surface area contributed by atoms with E-state index in [1.165, 1.54) is 11.8 Å². The standard InChI is InChI=1S/C23H23N3O3/c1-4-29-23(28)17-6-9-19(10-7-17)25-22(27)18-8-12-21(24-14-18)26-20-11-5-15(2)13-16(20)3/h5-14H,4H2,1-3H3,(H,24,26)(H,25,27). The van der Waals surface area contributed by atoms with Gasteiger partial charge in [0, 0.05) is 17.6 Å². The number of nitrogens with one attached hydrogen (secondary N) is 2. The molecule has 2 N–H and O–H groups in total. The van der Waals surface area contributed by atoms with Gasteiger partial charge in [-0.2, -0.15) is 0 Å². The van der Waals surface area contributed by atoms with Gasteiger partial charge in [0.1, 0.15) is 5.82 Å². The monoisotopic (exact) mass is 389 g/mol. The average Bonchev–Trinajstić information content (AvgIpc) is 2.71. The van der Waals surface area contributed by atoms with Gasteiger partial charge >= 0.3 is 5.97 Å². The summed E-state index contributed by atoms with van der Waals surface area (Å²) in [6.45, 7) is 6.15. The fraction of sp³-hybridized carbons (Fsp3) is 0.174. The van der Waals surface area contributed by atoms with E-state index in [-0.39, 0.29) is 11.9 Å². The molecule has 1 aromatic heterocycles. The third-order valence-electron chi connectivity index (χ3n) is 4.32. The molecule has 0 aliphatic carbocycles. The van der Waals surface area contributed by atoms with Crippen LogP contribution in [-0.4, -0.2) is 23.5 Å². The van der Waals surface area contributed by atoms with Crippen LogP contribution in [0.4, 0.5) is 17.2 Å². The van der Waals surface area contributed by atoms with E-state index in [1.807, 2.05) is 26.0 Å². The molecule has 0 spiro atoms. The van der Waals surface area contributed by atoms with E-state index in [0.717, 1.165) is 11.3 Å². The Morgan fingerprint density at radius 3 is 2.31 bits per heavy atom. The number of anilines is 3. The van der Waals surface area contributed by atoms with Gasteiger partial charge in [-0.15, -0.1) is 0 Å². The minimum Gasteiger partial charge on any atom is -0.462 e. The normalized spacial score (nSPS) is 10.3. The van der Waals surface area contributed by atoms with Crippen molar-refractivity contribution in [3.63, 3.8) is 0 Å². The van der Waals surface area contributed by atoms with Crippen molar-refractivity contribution in [1.82, 2.24) is 4.98 Å². The molecule has 0 atom stereocenters. The minimum absolute atomic E-state index is 0.278. The van der Waals surface area contributed by atoms with Crippen LogP contribution in [0.25, 0.3) is 0 Å². The quantitative estimate of drug-likeness (QED) is 0.588. The molecule has 0 bridgehead atoms. The summed E-state index contributed by atoms with van der Waals surface area (Å²) >= 11 is 0. The first-order chi connectivity index (χ1) is 14.0.